The monoisotopic (exact) mass is 158 g/mol. The van der Waals surface area contributed by atoms with Gasteiger partial charge < -0.3 is 10.1 Å². The standard InChI is InChI=1S/C7H12NO3/c1-11-7(10)3-2-4-8-5-6-9/h8H,2-5H2,1H3. The summed E-state index contributed by atoms with van der Waals surface area (Å²) < 4.78 is 4.41. The first-order valence-corrected chi connectivity index (χ1v) is 3.43. The summed E-state index contributed by atoms with van der Waals surface area (Å²) in [7, 11) is 1.36. The quantitative estimate of drug-likeness (QED) is 0.423. The Hall–Kier alpha value is -0.900. The summed E-state index contributed by atoms with van der Waals surface area (Å²) >= 11 is 0. The lowest BCUT2D eigenvalue weighted by molar-refractivity contribution is -0.140. The molecular weight excluding hydrogens is 146 g/mol. The molecule has 0 aliphatic heterocycles. The summed E-state index contributed by atoms with van der Waals surface area (Å²) in [5.74, 6) is -0.220. The highest BCUT2D eigenvalue weighted by Crippen LogP contribution is 1.88. The second kappa shape index (κ2) is 7.21. The predicted molar refractivity (Wildman–Crippen MR) is 39.8 cm³/mol. The molecule has 1 N–H and O–H groups in total. The molecule has 0 spiro atoms. The van der Waals surface area contributed by atoms with Crippen LogP contribution in [0.5, 0.6) is 0 Å². The maximum atomic E-state index is 10.5. The first-order chi connectivity index (χ1) is 5.31. The van der Waals surface area contributed by atoms with Crippen molar-refractivity contribution in [3.8, 4) is 0 Å². The highest BCUT2D eigenvalue weighted by atomic mass is 16.5. The summed E-state index contributed by atoms with van der Waals surface area (Å²) in [6.45, 7) is 0.867. The molecule has 0 fully saturated rings. The zero-order valence-corrected chi connectivity index (χ0v) is 6.55. The van der Waals surface area contributed by atoms with E-state index < -0.39 is 0 Å². The Bertz CT molecular complexity index is 125. The van der Waals surface area contributed by atoms with E-state index in [-0.39, 0.29) is 12.5 Å². The molecule has 0 rings (SSSR count). The predicted octanol–water partition coefficient (Wildman–Crippen LogP) is -0.361. The average Bonchev–Trinajstić information content (AvgIpc) is 2.04. The van der Waals surface area contributed by atoms with Gasteiger partial charge in [-0.25, -0.2) is 0 Å². The van der Waals surface area contributed by atoms with Gasteiger partial charge in [-0.3, -0.25) is 9.59 Å². The van der Waals surface area contributed by atoms with Crippen LogP contribution in [0.2, 0.25) is 0 Å². The number of nitrogens with one attached hydrogen (secondary N) is 1. The van der Waals surface area contributed by atoms with Gasteiger partial charge in [-0.2, -0.15) is 0 Å². The molecule has 0 saturated carbocycles. The number of methoxy groups -OCH3 is 1. The molecule has 0 unspecified atom stereocenters. The Morgan fingerprint density at radius 3 is 2.91 bits per heavy atom. The van der Waals surface area contributed by atoms with E-state index in [1.165, 1.54) is 7.11 Å². The van der Waals surface area contributed by atoms with Crippen LogP contribution in [0, 0.1) is 0 Å². The minimum Gasteiger partial charge on any atom is -0.469 e. The number of rotatable bonds is 6. The Kier molecular flexibility index (Phi) is 6.62. The van der Waals surface area contributed by atoms with Crippen molar-refractivity contribution in [2.45, 2.75) is 12.8 Å². The molecule has 0 atom stereocenters. The smallest absolute Gasteiger partial charge is 0.305 e. The van der Waals surface area contributed by atoms with Crippen LogP contribution in [0.4, 0.5) is 0 Å². The Labute approximate surface area is 65.9 Å². The number of esters is 1. The number of hydrogen-bond donors (Lipinski definition) is 1. The fourth-order valence-corrected chi connectivity index (χ4v) is 0.599. The Morgan fingerprint density at radius 2 is 2.36 bits per heavy atom. The van der Waals surface area contributed by atoms with Crippen LogP contribution in [-0.2, 0) is 14.3 Å². The van der Waals surface area contributed by atoms with Crippen LogP contribution in [0.15, 0.2) is 0 Å². The second-order valence-electron chi connectivity index (χ2n) is 2.00. The van der Waals surface area contributed by atoms with Crippen molar-refractivity contribution < 1.29 is 14.3 Å². The van der Waals surface area contributed by atoms with E-state index in [4.69, 9.17) is 0 Å². The van der Waals surface area contributed by atoms with Crippen molar-refractivity contribution in [3.63, 3.8) is 0 Å². The molecule has 4 nitrogen and oxygen atoms in total. The highest BCUT2D eigenvalue weighted by molar-refractivity contribution is 5.69. The second-order valence-corrected chi connectivity index (χ2v) is 2.00. The van der Waals surface area contributed by atoms with Crippen LogP contribution in [-0.4, -0.2) is 32.5 Å². The number of ether oxygens (including phenoxy) is 1. The van der Waals surface area contributed by atoms with Crippen molar-refractivity contribution in [2.24, 2.45) is 0 Å². The van der Waals surface area contributed by atoms with E-state index in [1.54, 1.807) is 6.29 Å². The van der Waals surface area contributed by atoms with Gasteiger partial charge in [0.15, 0.2) is 0 Å². The molecule has 0 heterocycles. The van der Waals surface area contributed by atoms with Gasteiger partial charge in [-0.15, -0.1) is 0 Å². The average molecular weight is 158 g/mol. The van der Waals surface area contributed by atoms with E-state index in [2.05, 4.69) is 10.1 Å². The molecule has 0 aliphatic carbocycles. The molecule has 0 aliphatic rings. The van der Waals surface area contributed by atoms with Gasteiger partial charge in [0.05, 0.1) is 13.7 Å². The van der Waals surface area contributed by atoms with Crippen LogP contribution in [0.3, 0.4) is 0 Å². The molecule has 11 heavy (non-hydrogen) atoms. The summed E-state index contributed by atoms with van der Waals surface area (Å²) in [6, 6.07) is 0. The molecule has 0 amide bonds. The van der Waals surface area contributed by atoms with Crippen molar-refractivity contribution in [2.75, 3.05) is 20.2 Å². The van der Waals surface area contributed by atoms with Gasteiger partial charge in [-0.1, -0.05) is 0 Å². The van der Waals surface area contributed by atoms with Gasteiger partial charge in [-0.05, 0) is 13.0 Å². The summed E-state index contributed by atoms with van der Waals surface area (Å²) in [4.78, 5) is 20.2. The summed E-state index contributed by atoms with van der Waals surface area (Å²) in [5.41, 5.74) is 0. The molecule has 0 bridgehead atoms. The van der Waals surface area contributed by atoms with E-state index in [1.807, 2.05) is 0 Å². The van der Waals surface area contributed by atoms with Gasteiger partial charge in [0.1, 0.15) is 0 Å². The zero-order valence-electron chi connectivity index (χ0n) is 6.55. The van der Waals surface area contributed by atoms with Crippen molar-refractivity contribution in [3.05, 3.63) is 0 Å². The van der Waals surface area contributed by atoms with E-state index in [0.717, 1.165) is 0 Å². The third-order valence-corrected chi connectivity index (χ3v) is 1.16. The molecule has 63 valence electrons. The molecule has 0 aromatic heterocycles. The van der Waals surface area contributed by atoms with Gasteiger partial charge >= 0.3 is 5.97 Å². The summed E-state index contributed by atoms with van der Waals surface area (Å²) in [5, 5.41) is 2.78. The normalized spacial score (nSPS) is 9.18. The fourth-order valence-electron chi connectivity index (χ4n) is 0.599. The van der Waals surface area contributed by atoms with Crippen molar-refractivity contribution in [1.82, 2.24) is 5.32 Å². The lowest BCUT2D eigenvalue weighted by atomic mass is 10.3. The molecule has 0 saturated heterocycles. The SMILES string of the molecule is COC(=O)CCCNC[C]=O. The Morgan fingerprint density at radius 1 is 1.64 bits per heavy atom. The van der Waals surface area contributed by atoms with Crippen LogP contribution in [0.25, 0.3) is 0 Å². The molecule has 1 radical (unpaired) electrons. The van der Waals surface area contributed by atoms with Crippen LogP contribution in [0.1, 0.15) is 12.8 Å². The minimum absolute atomic E-state index is 0.220. The number of carbonyl (C=O) groups is 1. The molecule has 0 aromatic carbocycles. The van der Waals surface area contributed by atoms with Crippen molar-refractivity contribution >= 4 is 12.3 Å². The fraction of sp³-hybridized carbons (Fsp3) is 0.714. The highest BCUT2D eigenvalue weighted by Gasteiger charge is 1.97. The molecule has 0 aromatic rings. The molecular formula is C7H12NO3. The minimum atomic E-state index is -0.220. The molecule has 4 heteroatoms. The number of carbonyl (C=O) groups excluding carboxylic acids is 2. The van der Waals surface area contributed by atoms with E-state index >= 15 is 0 Å². The first kappa shape index (κ1) is 10.1. The van der Waals surface area contributed by atoms with Gasteiger partial charge in [0, 0.05) is 6.42 Å². The van der Waals surface area contributed by atoms with E-state index in [0.29, 0.717) is 19.4 Å². The third-order valence-electron chi connectivity index (χ3n) is 1.16. The van der Waals surface area contributed by atoms with Crippen LogP contribution < -0.4 is 5.32 Å². The Balaban J connectivity index is 3.01. The zero-order chi connectivity index (χ0) is 8.53. The lowest BCUT2D eigenvalue weighted by Crippen LogP contribution is -2.18. The largest absolute Gasteiger partial charge is 0.469 e. The van der Waals surface area contributed by atoms with Crippen molar-refractivity contribution in [1.29, 1.82) is 0 Å². The van der Waals surface area contributed by atoms with Gasteiger partial charge in [0.25, 0.3) is 0 Å². The lowest BCUT2D eigenvalue weighted by Gasteiger charge is -1.98. The number of hydrogen-bond acceptors (Lipinski definition) is 4. The topological polar surface area (TPSA) is 55.4 Å². The first-order valence-electron chi connectivity index (χ1n) is 3.43. The van der Waals surface area contributed by atoms with Crippen LogP contribution >= 0.6 is 0 Å². The summed E-state index contributed by atoms with van der Waals surface area (Å²) in [6.07, 6.45) is 2.77. The van der Waals surface area contributed by atoms with Gasteiger partial charge in [0.2, 0.25) is 6.29 Å². The maximum absolute atomic E-state index is 10.5. The third kappa shape index (κ3) is 6.99. The maximum Gasteiger partial charge on any atom is 0.305 e. The van der Waals surface area contributed by atoms with E-state index in [9.17, 15) is 9.59 Å².